The number of hydrogen-bond acceptors (Lipinski definition) is 4. The van der Waals surface area contributed by atoms with Gasteiger partial charge in [-0.1, -0.05) is 6.07 Å². The van der Waals surface area contributed by atoms with Crippen LogP contribution in [0.3, 0.4) is 0 Å². The Morgan fingerprint density at radius 2 is 2.10 bits per heavy atom. The van der Waals surface area contributed by atoms with Gasteiger partial charge in [0.1, 0.15) is 0 Å². The van der Waals surface area contributed by atoms with Crippen molar-refractivity contribution in [3.05, 3.63) is 61.2 Å². The van der Waals surface area contributed by atoms with Gasteiger partial charge in [0.05, 0.1) is 14.5 Å². The topological polar surface area (TPSA) is 81.2 Å². The lowest BCUT2D eigenvalue weighted by Gasteiger charge is -2.16. The second-order valence-corrected chi connectivity index (χ2v) is 6.28. The first-order valence-electron chi connectivity index (χ1n) is 6.63. The highest BCUT2D eigenvalue weighted by Gasteiger charge is 2.22. The van der Waals surface area contributed by atoms with Crippen LogP contribution in [0.15, 0.2) is 36.4 Å². The molecule has 2 aromatic rings. The van der Waals surface area contributed by atoms with Gasteiger partial charge in [-0.2, -0.15) is 0 Å². The van der Waals surface area contributed by atoms with E-state index in [2.05, 4.69) is 11.4 Å². The van der Waals surface area contributed by atoms with Crippen LogP contribution in [0.5, 0.6) is 0 Å². The molecular formula is C15H14IN3O2. The molecule has 1 atom stereocenters. The minimum atomic E-state index is -0.362. The molecule has 0 radical (unpaired) electrons. The highest BCUT2D eigenvalue weighted by molar-refractivity contribution is 14.1. The van der Waals surface area contributed by atoms with E-state index in [0.717, 1.165) is 24.2 Å². The lowest BCUT2D eigenvalue weighted by atomic mass is 10.1. The second kappa shape index (κ2) is 5.51. The molecule has 0 fully saturated rings. The number of rotatable bonds is 3. The van der Waals surface area contributed by atoms with Gasteiger partial charge in [0.2, 0.25) is 0 Å². The molecule has 0 saturated carbocycles. The van der Waals surface area contributed by atoms with Gasteiger partial charge in [0, 0.05) is 17.4 Å². The predicted octanol–water partition coefficient (Wildman–Crippen LogP) is 3.88. The van der Waals surface area contributed by atoms with Gasteiger partial charge < -0.3 is 11.1 Å². The predicted molar refractivity (Wildman–Crippen MR) is 91.4 cm³/mol. The standard InChI is InChI=1S/C15H14IN3O2/c16-13-8-11(3-6-15(13)19(20)21)18-14-5-1-9-7-10(17)2-4-12(9)14/h2-4,6-8,14,18H,1,5,17H2. The molecule has 3 rings (SSSR count). The van der Waals surface area contributed by atoms with E-state index in [-0.39, 0.29) is 16.7 Å². The molecule has 1 aliphatic rings. The lowest BCUT2D eigenvalue weighted by Crippen LogP contribution is -2.07. The molecule has 1 unspecified atom stereocenters. The van der Waals surface area contributed by atoms with E-state index in [1.165, 1.54) is 11.1 Å². The molecule has 0 heterocycles. The van der Waals surface area contributed by atoms with Crippen LogP contribution >= 0.6 is 22.6 Å². The summed E-state index contributed by atoms with van der Waals surface area (Å²) in [6, 6.07) is 11.4. The van der Waals surface area contributed by atoms with Gasteiger partial charge in [-0.15, -0.1) is 0 Å². The Labute approximate surface area is 135 Å². The first-order valence-corrected chi connectivity index (χ1v) is 7.71. The van der Waals surface area contributed by atoms with Gasteiger partial charge in [0.25, 0.3) is 5.69 Å². The number of hydrogen-bond donors (Lipinski definition) is 2. The minimum absolute atomic E-state index is 0.140. The van der Waals surface area contributed by atoms with E-state index in [0.29, 0.717) is 3.57 Å². The minimum Gasteiger partial charge on any atom is -0.399 e. The Bertz CT molecular complexity index is 718. The number of anilines is 2. The first kappa shape index (κ1) is 14.1. The van der Waals surface area contributed by atoms with Crippen molar-refractivity contribution in [1.29, 1.82) is 0 Å². The van der Waals surface area contributed by atoms with Gasteiger partial charge in [0.15, 0.2) is 0 Å². The Morgan fingerprint density at radius 1 is 1.29 bits per heavy atom. The smallest absolute Gasteiger partial charge is 0.282 e. The summed E-state index contributed by atoms with van der Waals surface area (Å²) in [5.74, 6) is 0. The van der Waals surface area contributed by atoms with Gasteiger partial charge >= 0.3 is 0 Å². The largest absolute Gasteiger partial charge is 0.399 e. The van der Waals surface area contributed by atoms with Crippen LogP contribution in [0, 0.1) is 13.7 Å². The molecule has 2 aromatic carbocycles. The summed E-state index contributed by atoms with van der Waals surface area (Å²) in [4.78, 5) is 10.5. The van der Waals surface area contributed by atoms with Crippen LogP contribution in [-0.2, 0) is 6.42 Å². The molecule has 0 aliphatic heterocycles. The zero-order chi connectivity index (χ0) is 15.0. The van der Waals surface area contributed by atoms with Gasteiger partial charge in [-0.05, 0) is 70.8 Å². The quantitative estimate of drug-likeness (QED) is 0.358. The van der Waals surface area contributed by atoms with Crippen LogP contribution in [0.2, 0.25) is 0 Å². The van der Waals surface area contributed by atoms with E-state index < -0.39 is 0 Å². The third-order valence-electron chi connectivity index (χ3n) is 3.73. The maximum atomic E-state index is 10.8. The molecule has 0 spiro atoms. The SMILES string of the molecule is Nc1ccc2c(c1)CCC2Nc1ccc([N+](=O)[O-])c(I)c1. The van der Waals surface area contributed by atoms with Crippen molar-refractivity contribution in [1.82, 2.24) is 0 Å². The number of nitrogen functional groups attached to an aromatic ring is 1. The molecule has 5 nitrogen and oxygen atoms in total. The first-order chi connectivity index (χ1) is 10.0. The molecule has 6 heteroatoms. The molecule has 108 valence electrons. The number of nitro benzene ring substituents is 1. The second-order valence-electron chi connectivity index (χ2n) is 5.12. The highest BCUT2D eigenvalue weighted by Crippen LogP contribution is 2.35. The van der Waals surface area contributed by atoms with Crippen molar-refractivity contribution < 1.29 is 4.92 Å². The number of nitrogens with one attached hydrogen (secondary N) is 1. The Balaban J connectivity index is 1.83. The third kappa shape index (κ3) is 2.80. The zero-order valence-corrected chi connectivity index (χ0v) is 13.3. The fourth-order valence-corrected chi connectivity index (χ4v) is 3.45. The van der Waals surface area contributed by atoms with Gasteiger partial charge in [-0.3, -0.25) is 10.1 Å². The number of nitro groups is 1. The van der Waals surface area contributed by atoms with Crippen LogP contribution in [0.4, 0.5) is 17.1 Å². The Hall–Kier alpha value is -1.83. The van der Waals surface area contributed by atoms with E-state index in [1.54, 1.807) is 12.1 Å². The fourth-order valence-electron chi connectivity index (χ4n) is 2.73. The molecular weight excluding hydrogens is 381 g/mol. The number of nitrogens with two attached hydrogens (primary N) is 1. The van der Waals surface area contributed by atoms with Crippen molar-refractivity contribution >= 4 is 39.7 Å². The van der Waals surface area contributed by atoms with Crippen molar-refractivity contribution in [2.24, 2.45) is 0 Å². The molecule has 0 bridgehead atoms. The van der Waals surface area contributed by atoms with E-state index in [1.807, 2.05) is 40.8 Å². The van der Waals surface area contributed by atoms with Crippen LogP contribution in [0.25, 0.3) is 0 Å². The number of halogens is 1. The van der Waals surface area contributed by atoms with Crippen LogP contribution < -0.4 is 11.1 Å². The summed E-state index contributed by atoms with van der Waals surface area (Å²) < 4.78 is 0.637. The normalized spacial score (nSPS) is 16.5. The number of aryl methyl sites for hydroxylation is 1. The van der Waals surface area contributed by atoms with Crippen molar-refractivity contribution in [3.8, 4) is 0 Å². The number of fused-ring (bicyclic) bond motifs is 1. The molecule has 1 aliphatic carbocycles. The summed E-state index contributed by atoms with van der Waals surface area (Å²) >= 11 is 1.99. The monoisotopic (exact) mass is 395 g/mol. The maximum absolute atomic E-state index is 10.8. The fraction of sp³-hybridized carbons (Fsp3) is 0.200. The van der Waals surface area contributed by atoms with E-state index in [9.17, 15) is 10.1 Å². The Morgan fingerprint density at radius 3 is 2.81 bits per heavy atom. The van der Waals surface area contributed by atoms with E-state index in [4.69, 9.17) is 5.73 Å². The number of nitrogens with zero attached hydrogens (tertiary/aromatic N) is 1. The number of benzene rings is 2. The highest BCUT2D eigenvalue weighted by atomic mass is 127. The summed E-state index contributed by atoms with van der Waals surface area (Å²) in [6.45, 7) is 0. The lowest BCUT2D eigenvalue weighted by molar-refractivity contribution is -0.385. The van der Waals surface area contributed by atoms with Gasteiger partial charge in [-0.25, -0.2) is 0 Å². The molecule has 21 heavy (non-hydrogen) atoms. The summed E-state index contributed by atoms with van der Waals surface area (Å²) in [5.41, 5.74) is 10.2. The van der Waals surface area contributed by atoms with Crippen molar-refractivity contribution in [2.45, 2.75) is 18.9 Å². The summed E-state index contributed by atoms with van der Waals surface area (Å²) in [6.07, 6.45) is 2.01. The molecule has 3 N–H and O–H groups in total. The summed E-state index contributed by atoms with van der Waals surface area (Å²) in [5, 5.41) is 14.3. The average Bonchev–Trinajstić information content (AvgIpc) is 2.80. The average molecular weight is 395 g/mol. The third-order valence-corrected chi connectivity index (χ3v) is 4.59. The van der Waals surface area contributed by atoms with E-state index >= 15 is 0 Å². The molecule has 0 amide bonds. The molecule has 0 saturated heterocycles. The van der Waals surface area contributed by atoms with Crippen LogP contribution in [-0.4, -0.2) is 4.92 Å². The van der Waals surface area contributed by atoms with Crippen LogP contribution in [0.1, 0.15) is 23.6 Å². The molecule has 0 aromatic heterocycles. The van der Waals surface area contributed by atoms with Crippen molar-refractivity contribution in [3.63, 3.8) is 0 Å². The zero-order valence-electron chi connectivity index (χ0n) is 11.2. The maximum Gasteiger partial charge on any atom is 0.282 e. The van der Waals surface area contributed by atoms with Crippen molar-refractivity contribution in [2.75, 3.05) is 11.1 Å². The Kier molecular flexibility index (Phi) is 3.71. The summed E-state index contributed by atoms with van der Waals surface area (Å²) in [7, 11) is 0.